The number of phenols is 5. The summed E-state index contributed by atoms with van der Waals surface area (Å²) in [5, 5.41) is 62.6. The van der Waals surface area contributed by atoms with Crippen LogP contribution in [0.4, 0.5) is 5.69 Å². The minimum atomic E-state index is -0.327. The summed E-state index contributed by atoms with van der Waals surface area (Å²) in [5.74, 6) is 0.786. The number of para-hydroxylation sites is 1. The Hall–Kier alpha value is -9.72. The highest BCUT2D eigenvalue weighted by molar-refractivity contribution is 9.10. The molecular formula is C72H54BrCl2N2O9. The minimum absolute atomic E-state index is 0.0325. The van der Waals surface area contributed by atoms with Gasteiger partial charge in [-0.25, -0.2) is 0 Å². The fourth-order valence-corrected chi connectivity index (χ4v) is 12.5. The Kier molecular flexibility index (Phi) is 16.3. The highest BCUT2D eigenvalue weighted by Crippen LogP contribution is 2.56. The quantitative estimate of drug-likeness (QED) is 0.0616. The van der Waals surface area contributed by atoms with Gasteiger partial charge in [-0.1, -0.05) is 138 Å². The highest BCUT2D eigenvalue weighted by Gasteiger charge is 2.30. The van der Waals surface area contributed by atoms with Gasteiger partial charge in [-0.05, 0) is 134 Å². The summed E-state index contributed by atoms with van der Waals surface area (Å²) in [6.45, 7) is 5.20. The largest absolute Gasteiger partial charge is 0.508 e. The number of nitrogens with one attached hydrogen (secondary N) is 1. The molecule has 0 bridgehead atoms. The van der Waals surface area contributed by atoms with Gasteiger partial charge in [0.25, 0.3) is 0 Å². The molecule has 11 aromatic rings. The first-order valence-corrected chi connectivity index (χ1v) is 28.6. The van der Waals surface area contributed by atoms with Crippen LogP contribution in [0.2, 0.25) is 10.0 Å². The first-order chi connectivity index (χ1) is 41.5. The Morgan fingerprint density at radius 1 is 0.523 bits per heavy atom. The van der Waals surface area contributed by atoms with E-state index in [4.69, 9.17) is 42.4 Å². The maximum Gasteiger partial charge on any atom is 0.221 e. The zero-order chi connectivity index (χ0) is 60.7. The van der Waals surface area contributed by atoms with Gasteiger partial charge in [-0.15, -0.1) is 0 Å². The summed E-state index contributed by atoms with van der Waals surface area (Å²) in [7, 11) is 4.66. The van der Waals surface area contributed by atoms with E-state index in [1.165, 1.54) is 6.92 Å². The minimum Gasteiger partial charge on any atom is -0.508 e. The van der Waals surface area contributed by atoms with Crippen LogP contribution in [0.15, 0.2) is 187 Å². The number of aryl methyl sites for hydroxylation is 1. The summed E-state index contributed by atoms with van der Waals surface area (Å²) in [6.07, 6.45) is 1.56. The third-order valence-corrected chi connectivity index (χ3v) is 16.9. The standard InChI is InChI=1S/C72H54BrCl2N2O9/c1-38-15-7-25-52(72(38)86-6)57-36-55(67(47-20-12-28-59(74)39(47)2)64(71(57)83)42-17-9-19-45(80)32-42)49-22-14-29-60(81)65(49)53-26-11-24-51(69(53)75)56-33-43(77-40(3)78)37-76-70(56)54-27-10-23-50(68(54)73)48-21-13-30-61(82)66(48)58-34-46(84-4)35-62(85-5)63(58)41-16-8-18-44(79)31-41/h7-35,37,79-83H,1-6H3,(H,77,78). The van der Waals surface area contributed by atoms with Crippen LogP contribution in [0.1, 0.15) is 18.1 Å². The molecule has 10 aromatic carbocycles. The van der Waals surface area contributed by atoms with Gasteiger partial charge in [0.2, 0.25) is 5.91 Å². The number of hydrogen-bond donors (Lipinski definition) is 6. The number of carbonyl (C=O) groups excluding carboxylic acids is 1. The second-order valence-electron chi connectivity index (χ2n) is 20.4. The number of aromatic nitrogens is 1. The van der Waals surface area contributed by atoms with Crippen molar-refractivity contribution in [1.82, 2.24) is 4.98 Å². The van der Waals surface area contributed by atoms with Crippen molar-refractivity contribution in [3.05, 3.63) is 214 Å². The number of benzene rings is 10. The molecule has 1 amide bonds. The fraction of sp³-hybridized carbons (Fsp3) is 0.0833. The molecule has 0 fully saturated rings. The molecule has 14 heteroatoms. The van der Waals surface area contributed by atoms with E-state index in [1.807, 2.05) is 98.8 Å². The number of aromatic hydroxyl groups is 5. The first kappa shape index (κ1) is 58.1. The van der Waals surface area contributed by atoms with Gasteiger partial charge in [0, 0.05) is 95.3 Å². The molecule has 0 saturated carbocycles. The SMILES string of the molecule is COc1cc(OC)c(-c2cccc(O)c2)c(-c2c(O)cccc2-c2cccc(-c3ncc(NC(C)=O)cc3-c3cccc(-c4c(O)cccc4-c4[c]c(-c5cccc(C)c5OC)c(O)c(-c5cccc(O)c5)c4-c4cccc(Cl)c4C)c3Cl)c2Br)c1. The predicted octanol–water partition coefficient (Wildman–Crippen LogP) is 18.8. The number of carbonyl (C=O) groups is 1. The second kappa shape index (κ2) is 24.1. The molecule has 0 spiro atoms. The van der Waals surface area contributed by atoms with Crippen LogP contribution in [0.25, 0.3) is 111 Å². The van der Waals surface area contributed by atoms with Crippen LogP contribution in [0.3, 0.4) is 0 Å². The van der Waals surface area contributed by atoms with Crippen molar-refractivity contribution in [1.29, 1.82) is 0 Å². The molecule has 0 aliphatic carbocycles. The van der Waals surface area contributed by atoms with Crippen LogP contribution in [-0.4, -0.2) is 57.8 Å². The van der Waals surface area contributed by atoms with Crippen LogP contribution in [0.5, 0.6) is 46.0 Å². The molecule has 6 N–H and O–H groups in total. The van der Waals surface area contributed by atoms with E-state index in [9.17, 15) is 30.3 Å². The number of nitrogens with zero attached hydrogens (tertiary/aromatic N) is 1. The van der Waals surface area contributed by atoms with Crippen LogP contribution in [-0.2, 0) is 4.79 Å². The average Bonchev–Trinajstić information content (AvgIpc) is 0.902. The van der Waals surface area contributed by atoms with Gasteiger partial charge in [0.1, 0.15) is 46.0 Å². The second-order valence-corrected chi connectivity index (χ2v) is 22.0. The zero-order valence-corrected chi connectivity index (χ0v) is 50.4. The fourth-order valence-electron chi connectivity index (χ4n) is 11.3. The Morgan fingerprint density at radius 2 is 1.09 bits per heavy atom. The van der Waals surface area contributed by atoms with Gasteiger partial charge in [0.05, 0.1) is 43.9 Å². The van der Waals surface area contributed by atoms with Crippen molar-refractivity contribution < 1.29 is 44.5 Å². The molecule has 11 nitrogen and oxygen atoms in total. The van der Waals surface area contributed by atoms with Crippen LogP contribution in [0, 0.1) is 19.9 Å². The topological polar surface area (TPSA) is 171 Å². The molecule has 1 heterocycles. The Balaban J connectivity index is 1.16. The number of pyridine rings is 1. The molecule has 0 aliphatic heterocycles. The van der Waals surface area contributed by atoms with Crippen molar-refractivity contribution in [2.75, 3.05) is 26.6 Å². The van der Waals surface area contributed by atoms with Gasteiger partial charge in [-0.3, -0.25) is 9.78 Å². The van der Waals surface area contributed by atoms with Crippen LogP contribution >= 0.6 is 39.1 Å². The zero-order valence-electron chi connectivity index (χ0n) is 47.3. The lowest BCUT2D eigenvalue weighted by Crippen LogP contribution is -2.06. The molecule has 86 heavy (non-hydrogen) atoms. The number of methoxy groups -OCH3 is 3. The van der Waals surface area contributed by atoms with Crippen molar-refractivity contribution in [3.63, 3.8) is 0 Å². The molecule has 0 atom stereocenters. The van der Waals surface area contributed by atoms with Gasteiger partial charge >= 0.3 is 0 Å². The number of hydrogen-bond acceptors (Lipinski definition) is 10. The lowest BCUT2D eigenvalue weighted by Gasteiger charge is -2.24. The van der Waals surface area contributed by atoms with E-state index in [1.54, 1.807) is 119 Å². The average molecular weight is 1240 g/mol. The smallest absolute Gasteiger partial charge is 0.221 e. The number of ether oxygens (including phenoxy) is 3. The summed E-state index contributed by atoms with van der Waals surface area (Å²) in [6, 6.07) is 55.1. The monoisotopic (exact) mass is 1240 g/mol. The highest BCUT2D eigenvalue weighted by atomic mass is 79.9. The third kappa shape index (κ3) is 10.7. The van der Waals surface area contributed by atoms with Gasteiger partial charge < -0.3 is 45.1 Å². The maximum atomic E-state index is 12.9. The van der Waals surface area contributed by atoms with E-state index in [0.717, 1.165) is 5.56 Å². The molecule has 0 aliphatic rings. The molecule has 11 rings (SSSR count). The molecule has 427 valence electrons. The van der Waals surface area contributed by atoms with E-state index >= 15 is 0 Å². The molecule has 1 aromatic heterocycles. The number of amides is 1. The number of rotatable bonds is 14. The lowest BCUT2D eigenvalue weighted by atomic mass is 9.80. The van der Waals surface area contributed by atoms with Crippen molar-refractivity contribution in [2.45, 2.75) is 20.8 Å². The van der Waals surface area contributed by atoms with Crippen LogP contribution < -0.4 is 19.5 Å². The van der Waals surface area contributed by atoms with Crippen molar-refractivity contribution in [3.8, 4) is 157 Å². The maximum absolute atomic E-state index is 12.9. The Morgan fingerprint density at radius 3 is 1.76 bits per heavy atom. The normalized spacial score (nSPS) is 11.1. The number of halogens is 3. The van der Waals surface area contributed by atoms with E-state index < -0.39 is 0 Å². The molecule has 0 unspecified atom stereocenters. The lowest BCUT2D eigenvalue weighted by molar-refractivity contribution is -0.114. The third-order valence-electron chi connectivity index (χ3n) is 15.2. The van der Waals surface area contributed by atoms with Gasteiger partial charge in [0.15, 0.2) is 0 Å². The van der Waals surface area contributed by atoms with E-state index in [0.29, 0.717) is 144 Å². The predicted molar refractivity (Wildman–Crippen MR) is 347 cm³/mol. The summed E-state index contributed by atoms with van der Waals surface area (Å²) >= 11 is 18.8. The number of phenolic OH excluding ortho intramolecular Hbond substituents is 5. The first-order valence-electron chi connectivity index (χ1n) is 27.1. The number of anilines is 1. The van der Waals surface area contributed by atoms with E-state index in [2.05, 4.69) is 27.3 Å². The van der Waals surface area contributed by atoms with Crippen molar-refractivity contribution >= 4 is 50.7 Å². The summed E-state index contributed by atoms with van der Waals surface area (Å²) < 4.78 is 18.3. The molecule has 1 radical (unpaired) electrons. The molecule has 0 saturated heterocycles. The Labute approximate surface area is 515 Å². The van der Waals surface area contributed by atoms with Crippen molar-refractivity contribution in [2.24, 2.45) is 0 Å². The Bertz CT molecular complexity index is 4530. The van der Waals surface area contributed by atoms with E-state index in [-0.39, 0.29) is 45.2 Å². The van der Waals surface area contributed by atoms with Gasteiger partial charge in [-0.2, -0.15) is 0 Å². The summed E-state index contributed by atoms with van der Waals surface area (Å²) in [4.78, 5) is 17.8. The summed E-state index contributed by atoms with van der Waals surface area (Å²) in [5.41, 5.74) is 11.9. The molecular weight excluding hydrogens is 1190 g/mol.